The van der Waals surface area contributed by atoms with E-state index in [1.165, 1.54) is 6.07 Å². The number of halogens is 1. The number of nitrogens with one attached hydrogen (secondary N) is 3. The van der Waals surface area contributed by atoms with Crippen LogP contribution in [0.5, 0.6) is 0 Å². The van der Waals surface area contributed by atoms with Gasteiger partial charge < -0.3 is 15.6 Å². The number of hydrogen-bond donors (Lipinski definition) is 3. The zero-order valence-corrected chi connectivity index (χ0v) is 14.2. The van der Waals surface area contributed by atoms with Crippen LogP contribution in [-0.4, -0.2) is 21.1 Å². The van der Waals surface area contributed by atoms with Crippen LogP contribution in [0.15, 0.2) is 66.9 Å². The molecular formula is C20H16FN5O. The molecule has 7 heteroatoms. The highest BCUT2D eigenvalue weighted by atomic mass is 19.1. The fourth-order valence-electron chi connectivity index (χ4n) is 2.80. The summed E-state index contributed by atoms with van der Waals surface area (Å²) in [6.45, 7) is 0. The first kappa shape index (κ1) is 16.7. The monoisotopic (exact) mass is 361 g/mol. The van der Waals surface area contributed by atoms with Crippen LogP contribution in [0.25, 0.3) is 10.9 Å². The molecule has 0 bridgehead atoms. The van der Waals surface area contributed by atoms with Gasteiger partial charge in [-0.3, -0.25) is 4.79 Å². The van der Waals surface area contributed by atoms with Gasteiger partial charge in [-0.05, 0) is 35.9 Å². The molecule has 2 aromatic carbocycles. The van der Waals surface area contributed by atoms with Crippen LogP contribution in [0.3, 0.4) is 0 Å². The first-order valence-electron chi connectivity index (χ1n) is 8.39. The Morgan fingerprint density at radius 3 is 2.52 bits per heavy atom. The van der Waals surface area contributed by atoms with Crippen molar-refractivity contribution in [2.24, 2.45) is 0 Å². The maximum atomic E-state index is 13.6. The Kier molecular flexibility index (Phi) is 4.49. The number of carbonyl (C=O) groups excluding carboxylic acids is 1. The van der Waals surface area contributed by atoms with E-state index in [-0.39, 0.29) is 18.1 Å². The Balaban J connectivity index is 1.41. The van der Waals surface area contributed by atoms with Crippen molar-refractivity contribution in [3.63, 3.8) is 0 Å². The fraction of sp³-hybridized carbons (Fsp3) is 0.0500. The number of benzene rings is 2. The lowest BCUT2D eigenvalue weighted by atomic mass is 10.1. The third-order valence-corrected chi connectivity index (χ3v) is 4.09. The summed E-state index contributed by atoms with van der Waals surface area (Å²) in [4.78, 5) is 15.4. The SMILES string of the molecule is O=C(Cc1c[nH]c2ccccc12)Nc1ccc(Nc2ccccc2F)nn1. The summed E-state index contributed by atoms with van der Waals surface area (Å²) in [7, 11) is 0. The average molecular weight is 361 g/mol. The van der Waals surface area contributed by atoms with Crippen molar-refractivity contribution in [3.05, 3.63) is 78.2 Å². The molecule has 3 N–H and O–H groups in total. The van der Waals surface area contributed by atoms with Gasteiger partial charge in [-0.25, -0.2) is 4.39 Å². The first-order valence-corrected chi connectivity index (χ1v) is 8.39. The summed E-state index contributed by atoms with van der Waals surface area (Å²) >= 11 is 0. The summed E-state index contributed by atoms with van der Waals surface area (Å²) in [5.41, 5.74) is 2.21. The number of anilines is 3. The van der Waals surface area contributed by atoms with E-state index in [2.05, 4.69) is 25.8 Å². The number of hydrogen-bond acceptors (Lipinski definition) is 4. The Hall–Kier alpha value is -3.74. The molecule has 0 unspecified atom stereocenters. The average Bonchev–Trinajstić information content (AvgIpc) is 3.08. The normalized spacial score (nSPS) is 10.7. The Morgan fingerprint density at radius 2 is 1.70 bits per heavy atom. The number of nitrogens with zero attached hydrogens (tertiary/aromatic N) is 2. The van der Waals surface area contributed by atoms with E-state index in [9.17, 15) is 9.18 Å². The lowest BCUT2D eigenvalue weighted by molar-refractivity contribution is -0.115. The highest BCUT2D eigenvalue weighted by Gasteiger charge is 2.10. The third kappa shape index (κ3) is 3.77. The van der Waals surface area contributed by atoms with Crippen LogP contribution in [0.4, 0.5) is 21.7 Å². The fourth-order valence-corrected chi connectivity index (χ4v) is 2.80. The zero-order valence-electron chi connectivity index (χ0n) is 14.2. The van der Waals surface area contributed by atoms with Crippen molar-refractivity contribution in [3.8, 4) is 0 Å². The van der Waals surface area contributed by atoms with E-state index in [0.29, 0.717) is 17.3 Å². The molecule has 4 rings (SSSR count). The smallest absolute Gasteiger partial charge is 0.230 e. The number of rotatable bonds is 5. The summed E-state index contributed by atoms with van der Waals surface area (Å²) in [6.07, 6.45) is 2.05. The van der Waals surface area contributed by atoms with Crippen molar-refractivity contribution in [2.75, 3.05) is 10.6 Å². The maximum Gasteiger partial charge on any atom is 0.230 e. The topological polar surface area (TPSA) is 82.7 Å². The van der Waals surface area contributed by atoms with Gasteiger partial charge >= 0.3 is 0 Å². The number of aromatic amines is 1. The molecule has 4 aromatic rings. The lowest BCUT2D eigenvalue weighted by Gasteiger charge is -2.07. The second kappa shape index (κ2) is 7.25. The van der Waals surface area contributed by atoms with Gasteiger partial charge in [0.05, 0.1) is 12.1 Å². The van der Waals surface area contributed by atoms with Crippen molar-refractivity contribution in [2.45, 2.75) is 6.42 Å². The van der Waals surface area contributed by atoms with Gasteiger partial charge in [-0.2, -0.15) is 0 Å². The molecule has 0 saturated heterocycles. The van der Waals surface area contributed by atoms with Crippen LogP contribution in [0, 0.1) is 5.82 Å². The molecular weight excluding hydrogens is 345 g/mol. The number of aromatic nitrogens is 3. The minimum atomic E-state index is -0.379. The van der Waals surface area contributed by atoms with Gasteiger partial charge in [0.15, 0.2) is 11.6 Å². The molecule has 134 valence electrons. The molecule has 6 nitrogen and oxygen atoms in total. The minimum absolute atomic E-state index is 0.191. The van der Waals surface area contributed by atoms with Gasteiger partial charge in [0, 0.05) is 17.1 Å². The summed E-state index contributed by atoms with van der Waals surface area (Å²) in [6, 6.07) is 17.3. The van der Waals surface area contributed by atoms with E-state index < -0.39 is 0 Å². The lowest BCUT2D eigenvalue weighted by Crippen LogP contribution is -2.15. The van der Waals surface area contributed by atoms with Crippen molar-refractivity contribution < 1.29 is 9.18 Å². The molecule has 0 fully saturated rings. The van der Waals surface area contributed by atoms with E-state index in [0.717, 1.165) is 16.5 Å². The van der Waals surface area contributed by atoms with Gasteiger partial charge in [-0.1, -0.05) is 30.3 Å². The number of para-hydroxylation sites is 2. The van der Waals surface area contributed by atoms with Crippen molar-refractivity contribution in [1.82, 2.24) is 15.2 Å². The standard InChI is InChI=1S/C20H16FN5O/c21-15-6-2-4-8-17(15)23-18-9-10-19(26-25-18)24-20(27)11-13-12-22-16-7-3-1-5-14(13)16/h1-10,12,22H,11H2,(H,23,25)(H,24,26,27). The minimum Gasteiger partial charge on any atom is -0.361 e. The summed E-state index contributed by atoms with van der Waals surface area (Å²) < 4.78 is 13.6. The Labute approximate surface area is 154 Å². The zero-order chi connectivity index (χ0) is 18.6. The molecule has 0 spiro atoms. The van der Waals surface area contributed by atoms with Gasteiger partial charge in [-0.15, -0.1) is 10.2 Å². The molecule has 2 aromatic heterocycles. The second-order valence-electron chi connectivity index (χ2n) is 5.99. The number of amides is 1. The van der Waals surface area contributed by atoms with Crippen LogP contribution in [0.2, 0.25) is 0 Å². The highest BCUT2D eigenvalue weighted by Crippen LogP contribution is 2.20. The van der Waals surface area contributed by atoms with Crippen LogP contribution < -0.4 is 10.6 Å². The van der Waals surface area contributed by atoms with Crippen LogP contribution >= 0.6 is 0 Å². The van der Waals surface area contributed by atoms with Gasteiger partial charge in [0.2, 0.25) is 5.91 Å². The third-order valence-electron chi connectivity index (χ3n) is 4.09. The molecule has 1 amide bonds. The maximum absolute atomic E-state index is 13.6. The van der Waals surface area contributed by atoms with Crippen molar-refractivity contribution >= 4 is 34.1 Å². The Morgan fingerprint density at radius 1 is 0.963 bits per heavy atom. The van der Waals surface area contributed by atoms with Gasteiger partial charge in [0.25, 0.3) is 0 Å². The number of carbonyl (C=O) groups is 1. The predicted molar refractivity (Wildman–Crippen MR) is 102 cm³/mol. The van der Waals surface area contributed by atoms with Gasteiger partial charge in [0.1, 0.15) is 5.82 Å². The molecule has 27 heavy (non-hydrogen) atoms. The summed E-state index contributed by atoms with van der Waals surface area (Å²) in [5, 5.41) is 14.5. The Bertz CT molecular complexity index is 1090. The number of fused-ring (bicyclic) bond motifs is 1. The largest absolute Gasteiger partial charge is 0.361 e. The molecule has 0 radical (unpaired) electrons. The quantitative estimate of drug-likeness (QED) is 0.501. The number of H-pyrrole nitrogens is 1. The molecule has 0 saturated carbocycles. The molecule has 0 aliphatic carbocycles. The van der Waals surface area contributed by atoms with E-state index in [4.69, 9.17) is 0 Å². The van der Waals surface area contributed by atoms with E-state index >= 15 is 0 Å². The van der Waals surface area contributed by atoms with Crippen molar-refractivity contribution in [1.29, 1.82) is 0 Å². The first-order chi connectivity index (χ1) is 13.2. The second-order valence-corrected chi connectivity index (χ2v) is 5.99. The summed E-state index contributed by atoms with van der Waals surface area (Å²) in [5.74, 6) is 0.146. The van der Waals surface area contributed by atoms with E-state index in [1.54, 1.807) is 30.3 Å². The van der Waals surface area contributed by atoms with E-state index in [1.807, 2.05) is 30.5 Å². The molecule has 2 heterocycles. The molecule has 0 atom stereocenters. The predicted octanol–water partition coefficient (Wildman–Crippen LogP) is 4.02. The molecule has 0 aliphatic rings. The highest BCUT2D eigenvalue weighted by molar-refractivity contribution is 5.95. The van der Waals surface area contributed by atoms with Crippen LogP contribution in [-0.2, 0) is 11.2 Å². The molecule has 0 aliphatic heterocycles. The van der Waals surface area contributed by atoms with Crippen LogP contribution in [0.1, 0.15) is 5.56 Å².